The van der Waals surface area contributed by atoms with Gasteiger partial charge in [-0.2, -0.15) is 0 Å². The van der Waals surface area contributed by atoms with Crippen molar-refractivity contribution < 1.29 is 9.53 Å². The van der Waals surface area contributed by atoms with Gasteiger partial charge in [0.15, 0.2) is 0 Å². The number of ether oxygens (including phenoxy) is 1. The molecule has 0 N–H and O–H groups in total. The van der Waals surface area contributed by atoms with Crippen LogP contribution in [0.25, 0.3) is 0 Å². The molecule has 2 heterocycles. The van der Waals surface area contributed by atoms with E-state index >= 15 is 0 Å². The predicted octanol–water partition coefficient (Wildman–Crippen LogP) is 1.98. The number of aromatic nitrogens is 2. The van der Waals surface area contributed by atoms with Gasteiger partial charge in [0.05, 0.1) is 0 Å². The maximum Gasteiger partial charge on any atom is 0.222 e. The largest absolute Gasteiger partial charge is 0.385 e. The monoisotopic (exact) mass is 320 g/mol. The number of methoxy groups -OCH3 is 1. The lowest BCUT2D eigenvalue weighted by atomic mass is 10.2. The highest BCUT2D eigenvalue weighted by Crippen LogP contribution is 2.19. The summed E-state index contributed by atoms with van der Waals surface area (Å²) in [6.07, 6.45) is 1.36. The van der Waals surface area contributed by atoms with Crippen LogP contribution in [-0.4, -0.2) is 60.7 Å². The lowest BCUT2D eigenvalue weighted by Crippen LogP contribution is -2.49. The summed E-state index contributed by atoms with van der Waals surface area (Å²) in [6.45, 7) is 10.0. The molecule has 0 aliphatic carbocycles. The average molecular weight is 320 g/mol. The third-order valence-corrected chi connectivity index (χ3v) is 4.07. The molecule has 23 heavy (non-hydrogen) atoms. The van der Waals surface area contributed by atoms with E-state index < -0.39 is 0 Å². The number of aryl methyl sites for hydroxylation is 1. The summed E-state index contributed by atoms with van der Waals surface area (Å²) in [5.41, 5.74) is 0.997. The fourth-order valence-electron chi connectivity index (χ4n) is 2.71. The summed E-state index contributed by atoms with van der Waals surface area (Å²) >= 11 is 0. The van der Waals surface area contributed by atoms with Gasteiger partial charge in [-0.05, 0) is 13.3 Å². The number of carbonyl (C=O) groups excluding carboxylic acids is 1. The van der Waals surface area contributed by atoms with Crippen LogP contribution in [0, 0.1) is 6.92 Å². The Hall–Kier alpha value is -1.69. The lowest BCUT2D eigenvalue weighted by molar-refractivity contribution is -0.131. The molecule has 6 nitrogen and oxygen atoms in total. The van der Waals surface area contributed by atoms with E-state index in [1.54, 1.807) is 7.11 Å². The summed E-state index contributed by atoms with van der Waals surface area (Å²) in [7, 11) is 1.67. The minimum Gasteiger partial charge on any atom is -0.385 e. The van der Waals surface area contributed by atoms with Gasteiger partial charge in [-0.15, -0.1) is 0 Å². The molecule has 0 radical (unpaired) electrons. The van der Waals surface area contributed by atoms with Crippen molar-refractivity contribution in [3.8, 4) is 0 Å². The van der Waals surface area contributed by atoms with Crippen LogP contribution in [0.15, 0.2) is 6.07 Å². The highest BCUT2D eigenvalue weighted by Gasteiger charge is 2.22. The molecule has 1 fully saturated rings. The van der Waals surface area contributed by atoms with Gasteiger partial charge in [0.25, 0.3) is 0 Å². The molecule has 0 spiro atoms. The van der Waals surface area contributed by atoms with Crippen LogP contribution in [0.4, 0.5) is 5.82 Å². The zero-order chi connectivity index (χ0) is 16.8. The first-order valence-corrected chi connectivity index (χ1v) is 8.38. The second-order valence-electron chi connectivity index (χ2n) is 6.34. The third kappa shape index (κ3) is 4.89. The van der Waals surface area contributed by atoms with Crippen LogP contribution in [0.1, 0.15) is 44.1 Å². The molecule has 1 amide bonds. The fraction of sp³-hybridized carbons (Fsp3) is 0.706. The van der Waals surface area contributed by atoms with Crippen LogP contribution < -0.4 is 4.90 Å². The average Bonchev–Trinajstić information content (AvgIpc) is 2.54. The molecule has 1 aromatic heterocycles. The minimum absolute atomic E-state index is 0.225. The van der Waals surface area contributed by atoms with Gasteiger partial charge in [0.1, 0.15) is 11.6 Å². The molecule has 6 heteroatoms. The zero-order valence-corrected chi connectivity index (χ0v) is 14.7. The number of nitrogens with zero attached hydrogens (tertiary/aromatic N) is 4. The van der Waals surface area contributed by atoms with E-state index in [1.165, 1.54) is 0 Å². The van der Waals surface area contributed by atoms with Crippen LogP contribution in [0.5, 0.6) is 0 Å². The summed E-state index contributed by atoms with van der Waals surface area (Å²) in [6, 6.07) is 2.03. The van der Waals surface area contributed by atoms with Gasteiger partial charge in [0, 0.05) is 64.0 Å². The topological polar surface area (TPSA) is 58.6 Å². The van der Waals surface area contributed by atoms with Gasteiger partial charge in [-0.1, -0.05) is 13.8 Å². The highest BCUT2D eigenvalue weighted by molar-refractivity contribution is 5.76. The van der Waals surface area contributed by atoms with E-state index in [9.17, 15) is 4.79 Å². The van der Waals surface area contributed by atoms with Gasteiger partial charge < -0.3 is 14.5 Å². The van der Waals surface area contributed by atoms with Crippen molar-refractivity contribution in [2.45, 2.75) is 39.5 Å². The van der Waals surface area contributed by atoms with E-state index in [0.717, 1.165) is 49.9 Å². The van der Waals surface area contributed by atoms with Gasteiger partial charge in [-0.3, -0.25) is 4.79 Å². The normalized spacial score (nSPS) is 15.3. The molecular formula is C17H28N4O2. The first-order valence-electron chi connectivity index (χ1n) is 8.38. The lowest BCUT2D eigenvalue weighted by Gasteiger charge is -2.35. The second kappa shape index (κ2) is 8.24. The Bertz CT molecular complexity index is 525. The van der Waals surface area contributed by atoms with E-state index in [4.69, 9.17) is 4.74 Å². The van der Waals surface area contributed by atoms with Crippen molar-refractivity contribution in [3.05, 3.63) is 17.6 Å². The maximum absolute atomic E-state index is 12.1. The molecule has 0 atom stereocenters. The van der Waals surface area contributed by atoms with Crippen LogP contribution in [-0.2, 0) is 9.53 Å². The van der Waals surface area contributed by atoms with Crippen molar-refractivity contribution in [3.63, 3.8) is 0 Å². The Morgan fingerprint density at radius 1 is 1.26 bits per heavy atom. The number of anilines is 1. The highest BCUT2D eigenvalue weighted by atomic mass is 16.5. The van der Waals surface area contributed by atoms with Crippen molar-refractivity contribution in [2.75, 3.05) is 44.8 Å². The van der Waals surface area contributed by atoms with Crippen molar-refractivity contribution in [2.24, 2.45) is 0 Å². The standard InChI is InChI=1S/C17H28N4O2/c1-13(2)17-18-14(3)12-15(19-17)20-7-9-21(10-8-20)16(22)6-5-11-23-4/h12-13H,5-11H2,1-4H3. The first kappa shape index (κ1) is 17.7. The zero-order valence-electron chi connectivity index (χ0n) is 14.7. The molecule has 0 aromatic carbocycles. The Morgan fingerprint density at radius 2 is 1.96 bits per heavy atom. The number of piperazine rings is 1. The van der Waals surface area contributed by atoms with E-state index in [0.29, 0.717) is 18.9 Å². The van der Waals surface area contributed by atoms with Crippen molar-refractivity contribution in [1.29, 1.82) is 0 Å². The number of hydrogen-bond donors (Lipinski definition) is 0. The summed E-state index contributed by atoms with van der Waals surface area (Å²) in [4.78, 5) is 25.5. The van der Waals surface area contributed by atoms with Crippen LogP contribution in [0.3, 0.4) is 0 Å². The number of carbonyl (C=O) groups is 1. The molecule has 0 bridgehead atoms. The number of amides is 1. The summed E-state index contributed by atoms with van der Waals surface area (Å²) in [5, 5.41) is 0. The minimum atomic E-state index is 0.225. The van der Waals surface area contributed by atoms with Crippen molar-refractivity contribution >= 4 is 11.7 Å². The van der Waals surface area contributed by atoms with E-state index in [-0.39, 0.29) is 5.91 Å². The van der Waals surface area contributed by atoms with E-state index in [1.807, 2.05) is 17.9 Å². The van der Waals surface area contributed by atoms with Crippen LogP contribution in [0.2, 0.25) is 0 Å². The smallest absolute Gasteiger partial charge is 0.222 e. The number of rotatable bonds is 6. The van der Waals surface area contributed by atoms with E-state index in [2.05, 4.69) is 28.7 Å². The molecule has 1 aromatic rings. The summed E-state index contributed by atoms with van der Waals surface area (Å²) in [5.74, 6) is 2.41. The molecule has 2 rings (SSSR count). The number of hydrogen-bond acceptors (Lipinski definition) is 5. The Kier molecular flexibility index (Phi) is 6.33. The molecule has 1 aliphatic rings. The van der Waals surface area contributed by atoms with Gasteiger partial charge >= 0.3 is 0 Å². The fourth-order valence-corrected chi connectivity index (χ4v) is 2.71. The third-order valence-electron chi connectivity index (χ3n) is 4.07. The summed E-state index contributed by atoms with van der Waals surface area (Å²) < 4.78 is 5.00. The molecular weight excluding hydrogens is 292 g/mol. The Labute approximate surface area is 138 Å². The van der Waals surface area contributed by atoms with Gasteiger partial charge in [-0.25, -0.2) is 9.97 Å². The Balaban J connectivity index is 1.93. The van der Waals surface area contributed by atoms with Crippen molar-refractivity contribution in [1.82, 2.24) is 14.9 Å². The quantitative estimate of drug-likeness (QED) is 0.750. The SMILES string of the molecule is COCCCC(=O)N1CCN(c2cc(C)nc(C(C)C)n2)CC1. The molecule has 128 valence electrons. The first-order chi connectivity index (χ1) is 11.0. The molecule has 0 saturated carbocycles. The Morgan fingerprint density at radius 3 is 2.57 bits per heavy atom. The maximum atomic E-state index is 12.1. The van der Waals surface area contributed by atoms with Gasteiger partial charge in [0.2, 0.25) is 5.91 Å². The molecule has 1 saturated heterocycles. The second-order valence-corrected chi connectivity index (χ2v) is 6.34. The molecule has 1 aliphatic heterocycles. The van der Waals surface area contributed by atoms with Crippen LogP contribution >= 0.6 is 0 Å². The molecule has 0 unspecified atom stereocenters. The predicted molar refractivity (Wildman–Crippen MR) is 90.8 cm³/mol.